The van der Waals surface area contributed by atoms with Crippen LogP contribution in [0.4, 0.5) is 0 Å². The van der Waals surface area contributed by atoms with Crippen LogP contribution in [0.1, 0.15) is 12.0 Å². The van der Waals surface area contributed by atoms with E-state index in [1.807, 2.05) is 21.9 Å². The summed E-state index contributed by atoms with van der Waals surface area (Å²) in [5, 5.41) is 0.670. The van der Waals surface area contributed by atoms with Crippen molar-refractivity contribution < 1.29 is 9.59 Å². The molecule has 5 nitrogen and oxygen atoms in total. The number of primary amides is 1. The van der Waals surface area contributed by atoms with Gasteiger partial charge in [0.15, 0.2) is 0 Å². The molecule has 6 heteroatoms. The Morgan fingerprint density at radius 2 is 1.81 bits per heavy atom. The number of nitrogens with zero attached hydrogens (tertiary/aromatic N) is 2. The fourth-order valence-corrected chi connectivity index (χ4v) is 2.61. The van der Waals surface area contributed by atoms with Crippen LogP contribution >= 0.6 is 11.6 Å². The monoisotopic (exact) mass is 309 g/mol. The van der Waals surface area contributed by atoms with E-state index in [1.165, 1.54) is 0 Å². The second-order valence-electron chi connectivity index (χ2n) is 5.28. The summed E-state index contributed by atoms with van der Waals surface area (Å²) in [5.74, 6) is -0.214. The predicted octanol–water partition coefficient (Wildman–Crippen LogP) is 0.902. The molecule has 1 aromatic carbocycles. The number of rotatable bonds is 4. The predicted molar refractivity (Wildman–Crippen MR) is 82.0 cm³/mol. The fraction of sp³-hybridized carbons (Fsp3) is 0.467. The summed E-state index contributed by atoms with van der Waals surface area (Å²) in [4.78, 5) is 27.1. The zero-order valence-corrected chi connectivity index (χ0v) is 12.7. The largest absolute Gasteiger partial charge is 0.369 e. The van der Waals surface area contributed by atoms with Crippen LogP contribution in [0, 0.1) is 0 Å². The van der Waals surface area contributed by atoms with Crippen LogP contribution in [0.25, 0.3) is 0 Å². The van der Waals surface area contributed by atoms with Crippen molar-refractivity contribution in [2.45, 2.75) is 12.8 Å². The average Bonchev–Trinajstić information content (AvgIpc) is 2.66. The lowest BCUT2D eigenvalue weighted by Crippen LogP contribution is -2.38. The topological polar surface area (TPSA) is 66.6 Å². The molecule has 2 rings (SSSR count). The normalized spacial score (nSPS) is 16.5. The van der Waals surface area contributed by atoms with Gasteiger partial charge in [0, 0.05) is 31.2 Å². The molecule has 1 aliphatic heterocycles. The van der Waals surface area contributed by atoms with Crippen LogP contribution in [0.15, 0.2) is 24.3 Å². The Bertz CT molecular complexity index is 504. The van der Waals surface area contributed by atoms with E-state index < -0.39 is 0 Å². The van der Waals surface area contributed by atoms with Gasteiger partial charge in [-0.3, -0.25) is 14.5 Å². The van der Waals surface area contributed by atoms with E-state index in [2.05, 4.69) is 0 Å². The number of benzene rings is 1. The zero-order chi connectivity index (χ0) is 15.2. The van der Waals surface area contributed by atoms with Gasteiger partial charge in [0.05, 0.1) is 13.0 Å². The summed E-state index contributed by atoms with van der Waals surface area (Å²) in [7, 11) is 0. The molecule has 21 heavy (non-hydrogen) atoms. The minimum absolute atomic E-state index is 0.109. The molecule has 2 N–H and O–H groups in total. The second kappa shape index (κ2) is 7.43. The highest BCUT2D eigenvalue weighted by Gasteiger charge is 2.19. The van der Waals surface area contributed by atoms with Crippen molar-refractivity contribution in [3.63, 3.8) is 0 Å². The summed E-state index contributed by atoms with van der Waals surface area (Å²) in [6.07, 6.45) is 1.24. The first-order chi connectivity index (χ1) is 10.0. The van der Waals surface area contributed by atoms with Crippen LogP contribution in [-0.4, -0.2) is 54.3 Å². The van der Waals surface area contributed by atoms with Gasteiger partial charge in [-0.2, -0.15) is 0 Å². The lowest BCUT2D eigenvalue weighted by Gasteiger charge is -2.21. The van der Waals surface area contributed by atoms with Gasteiger partial charge < -0.3 is 10.6 Å². The van der Waals surface area contributed by atoms with Gasteiger partial charge in [-0.05, 0) is 24.1 Å². The molecule has 1 aromatic rings. The third kappa shape index (κ3) is 5.02. The van der Waals surface area contributed by atoms with Crippen molar-refractivity contribution in [3.8, 4) is 0 Å². The van der Waals surface area contributed by atoms with Crippen molar-refractivity contribution in [2.75, 3.05) is 32.7 Å². The molecule has 0 aliphatic carbocycles. The van der Waals surface area contributed by atoms with Crippen molar-refractivity contribution in [2.24, 2.45) is 5.73 Å². The molecule has 0 atom stereocenters. The minimum Gasteiger partial charge on any atom is -0.369 e. The van der Waals surface area contributed by atoms with Gasteiger partial charge in [-0.25, -0.2) is 0 Å². The van der Waals surface area contributed by atoms with Crippen LogP contribution in [0.2, 0.25) is 5.02 Å². The van der Waals surface area contributed by atoms with Crippen LogP contribution in [0.5, 0.6) is 0 Å². The molecule has 1 fully saturated rings. The first-order valence-electron chi connectivity index (χ1n) is 7.07. The molecule has 0 bridgehead atoms. The van der Waals surface area contributed by atoms with Gasteiger partial charge in [0.2, 0.25) is 11.8 Å². The highest BCUT2D eigenvalue weighted by molar-refractivity contribution is 6.30. The van der Waals surface area contributed by atoms with Crippen molar-refractivity contribution in [1.82, 2.24) is 9.80 Å². The summed E-state index contributed by atoms with van der Waals surface area (Å²) in [6, 6.07) is 7.33. The molecule has 0 aromatic heterocycles. The van der Waals surface area contributed by atoms with Gasteiger partial charge in [0.25, 0.3) is 0 Å². The maximum absolute atomic E-state index is 12.3. The van der Waals surface area contributed by atoms with E-state index in [1.54, 1.807) is 12.1 Å². The molecule has 1 aliphatic rings. The molecular weight excluding hydrogens is 290 g/mol. The number of hydrogen-bond donors (Lipinski definition) is 1. The number of amides is 2. The molecule has 0 saturated carbocycles. The van der Waals surface area contributed by atoms with Crippen molar-refractivity contribution in [1.29, 1.82) is 0 Å². The Kier molecular flexibility index (Phi) is 5.59. The van der Waals surface area contributed by atoms with E-state index in [9.17, 15) is 9.59 Å². The molecule has 114 valence electrons. The molecule has 0 radical (unpaired) electrons. The summed E-state index contributed by atoms with van der Waals surface area (Å²) < 4.78 is 0. The lowest BCUT2D eigenvalue weighted by atomic mass is 10.1. The SMILES string of the molecule is NC(=O)CN1CCCN(C(=O)Cc2ccc(Cl)cc2)CC1. The first kappa shape index (κ1) is 15.8. The fourth-order valence-electron chi connectivity index (χ4n) is 2.49. The standard InChI is InChI=1S/C15H20ClN3O2/c16-13-4-2-12(3-5-13)10-15(21)19-7-1-6-18(8-9-19)11-14(17)20/h2-5H,1,6-11H2,(H2,17,20). The Balaban J connectivity index is 1.88. The maximum Gasteiger partial charge on any atom is 0.231 e. The van der Waals surface area contributed by atoms with Gasteiger partial charge >= 0.3 is 0 Å². The quantitative estimate of drug-likeness (QED) is 0.898. The third-order valence-electron chi connectivity index (χ3n) is 3.59. The smallest absolute Gasteiger partial charge is 0.231 e. The van der Waals surface area contributed by atoms with E-state index in [0.717, 1.165) is 25.1 Å². The minimum atomic E-state index is -0.323. The molecular formula is C15H20ClN3O2. The highest BCUT2D eigenvalue weighted by atomic mass is 35.5. The van der Waals surface area contributed by atoms with Gasteiger partial charge in [0.1, 0.15) is 0 Å². The van der Waals surface area contributed by atoms with Gasteiger partial charge in [-0.1, -0.05) is 23.7 Å². The highest BCUT2D eigenvalue weighted by Crippen LogP contribution is 2.12. The van der Waals surface area contributed by atoms with Crippen LogP contribution in [-0.2, 0) is 16.0 Å². The van der Waals surface area contributed by atoms with Crippen molar-refractivity contribution in [3.05, 3.63) is 34.9 Å². The zero-order valence-electron chi connectivity index (χ0n) is 11.9. The summed E-state index contributed by atoms with van der Waals surface area (Å²) in [5.41, 5.74) is 6.17. The van der Waals surface area contributed by atoms with E-state index in [0.29, 0.717) is 24.5 Å². The van der Waals surface area contributed by atoms with Crippen LogP contribution < -0.4 is 5.73 Å². The molecule has 0 unspecified atom stereocenters. The second-order valence-corrected chi connectivity index (χ2v) is 5.72. The molecule has 0 spiro atoms. The molecule has 2 amide bonds. The number of carbonyl (C=O) groups is 2. The Hall–Kier alpha value is -1.59. The third-order valence-corrected chi connectivity index (χ3v) is 3.84. The maximum atomic E-state index is 12.3. The number of nitrogens with two attached hydrogens (primary N) is 1. The Labute approximate surface area is 129 Å². The Morgan fingerprint density at radius 3 is 2.48 bits per heavy atom. The molecule has 1 heterocycles. The lowest BCUT2D eigenvalue weighted by molar-refractivity contribution is -0.130. The van der Waals surface area contributed by atoms with E-state index >= 15 is 0 Å². The average molecular weight is 310 g/mol. The number of carbonyl (C=O) groups excluding carboxylic acids is 2. The summed E-state index contributed by atoms with van der Waals surface area (Å²) in [6.45, 7) is 3.11. The Morgan fingerprint density at radius 1 is 1.10 bits per heavy atom. The van der Waals surface area contributed by atoms with Crippen LogP contribution in [0.3, 0.4) is 0 Å². The summed E-state index contributed by atoms with van der Waals surface area (Å²) >= 11 is 5.84. The van der Waals surface area contributed by atoms with E-state index in [4.69, 9.17) is 17.3 Å². The van der Waals surface area contributed by atoms with E-state index in [-0.39, 0.29) is 18.4 Å². The van der Waals surface area contributed by atoms with Gasteiger partial charge in [-0.15, -0.1) is 0 Å². The molecule has 1 saturated heterocycles. The number of hydrogen-bond acceptors (Lipinski definition) is 3. The first-order valence-corrected chi connectivity index (χ1v) is 7.45. The van der Waals surface area contributed by atoms with Crippen molar-refractivity contribution >= 4 is 23.4 Å². The number of halogens is 1.